The van der Waals surface area contributed by atoms with E-state index in [2.05, 4.69) is 78.8 Å². The Hall–Kier alpha value is -2.00. The third-order valence-electron chi connectivity index (χ3n) is 4.56. The molecule has 2 aromatic heterocycles. The number of aromatic nitrogens is 4. The molecule has 4 rings (SSSR count). The van der Waals surface area contributed by atoms with Gasteiger partial charge in [-0.2, -0.15) is 0 Å². The first-order valence-corrected chi connectivity index (χ1v) is 14.2. The molecule has 2 aromatic carbocycles. The van der Waals surface area contributed by atoms with E-state index in [9.17, 15) is 0 Å². The summed E-state index contributed by atoms with van der Waals surface area (Å²) in [4.78, 5) is 15.7. The number of fused-ring (bicyclic) bond motifs is 2. The number of nitrogens with zero attached hydrogens (tertiary/aromatic N) is 2. The van der Waals surface area contributed by atoms with Gasteiger partial charge in [-0.25, -0.2) is 9.97 Å². The monoisotopic (exact) mass is 515 g/mol. The van der Waals surface area contributed by atoms with Gasteiger partial charge >= 0.3 is 0 Å². The van der Waals surface area contributed by atoms with E-state index in [0.717, 1.165) is 50.5 Å². The molecule has 8 heteroatoms. The SMILES string of the molecule is CC(C)CSc1nc2ccccc2[nH]1.CCOCCN.Cc1ccc2nc(SCC(C)C)[nH]c2c1. The summed E-state index contributed by atoms with van der Waals surface area (Å²) in [6.45, 7) is 15.0. The molecule has 0 bridgehead atoms. The zero-order chi connectivity index (χ0) is 25.6. The first-order valence-electron chi connectivity index (χ1n) is 12.3. The van der Waals surface area contributed by atoms with Crippen LogP contribution in [-0.4, -0.2) is 51.2 Å². The molecule has 0 unspecified atom stereocenters. The van der Waals surface area contributed by atoms with Crippen LogP contribution in [0.15, 0.2) is 52.8 Å². The Morgan fingerprint density at radius 3 is 1.94 bits per heavy atom. The molecule has 4 N–H and O–H groups in total. The molecule has 2 heterocycles. The number of nitrogens with one attached hydrogen (secondary N) is 2. The van der Waals surface area contributed by atoms with E-state index in [4.69, 9.17) is 10.5 Å². The number of para-hydroxylation sites is 2. The van der Waals surface area contributed by atoms with E-state index >= 15 is 0 Å². The fourth-order valence-corrected chi connectivity index (χ4v) is 4.56. The minimum absolute atomic E-state index is 0.633. The molecule has 192 valence electrons. The second-order valence-corrected chi connectivity index (χ2v) is 11.0. The highest BCUT2D eigenvalue weighted by molar-refractivity contribution is 7.99. The van der Waals surface area contributed by atoms with Gasteiger partial charge in [-0.15, -0.1) is 0 Å². The van der Waals surface area contributed by atoms with E-state index in [1.165, 1.54) is 5.56 Å². The quantitative estimate of drug-likeness (QED) is 0.166. The van der Waals surface area contributed by atoms with Crippen LogP contribution < -0.4 is 5.73 Å². The van der Waals surface area contributed by atoms with Crippen LogP contribution in [0.1, 0.15) is 40.2 Å². The highest BCUT2D eigenvalue weighted by atomic mass is 32.2. The topological polar surface area (TPSA) is 92.6 Å². The predicted molar refractivity (Wildman–Crippen MR) is 154 cm³/mol. The number of H-pyrrole nitrogens is 2. The van der Waals surface area contributed by atoms with Crippen LogP contribution in [0.4, 0.5) is 0 Å². The summed E-state index contributed by atoms with van der Waals surface area (Å²) >= 11 is 3.58. The second kappa shape index (κ2) is 15.9. The van der Waals surface area contributed by atoms with Crippen molar-refractivity contribution in [1.29, 1.82) is 0 Å². The molecule has 0 saturated heterocycles. The van der Waals surface area contributed by atoms with E-state index in [0.29, 0.717) is 25.0 Å². The molecule has 0 fully saturated rings. The van der Waals surface area contributed by atoms with E-state index < -0.39 is 0 Å². The van der Waals surface area contributed by atoms with Crippen molar-refractivity contribution in [2.75, 3.05) is 31.3 Å². The Morgan fingerprint density at radius 1 is 0.857 bits per heavy atom. The summed E-state index contributed by atoms with van der Waals surface area (Å²) in [5.74, 6) is 3.62. The fraction of sp³-hybridized carbons (Fsp3) is 0.481. The largest absolute Gasteiger partial charge is 0.380 e. The molecule has 35 heavy (non-hydrogen) atoms. The van der Waals surface area contributed by atoms with Crippen molar-refractivity contribution in [3.05, 3.63) is 48.0 Å². The average molecular weight is 516 g/mol. The number of rotatable bonds is 9. The number of aryl methyl sites for hydroxylation is 1. The van der Waals surface area contributed by atoms with Crippen molar-refractivity contribution in [3.8, 4) is 0 Å². The average Bonchev–Trinajstić information content (AvgIpc) is 3.44. The smallest absolute Gasteiger partial charge is 0.166 e. The number of aromatic amines is 2. The molecule has 4 aromatic rings. The third kappa shape index (κ3) is 11.1. The Morgan fingerprint density at radius 2 is 1.43 bits per heavy atom. The molecular weight excluding hydrogens is 474 g/mol. The zero-order valence-corrected chi connectivity index (χ0v) is 23.6. The summed E-state index contributed by atoms with van der Waals surface area (Å²) in [7, 11) is 0. The van der Waals surface area contributed by atoms with Crippen LogP contribution >= 0.6 is 23.5 Å². The maximum Gasteiger partial charge on any atom is 0.166 e. The number of imidazole rings is 2. The van der Waals surface area contributed by atoms with Gasteiger partial charge in [0, 0.05) is 24.7 Å². The van der Waals surface area contributed by atoms with Gasteiger partial charge < -0.3 is 20.4 Å². The van der Waals surface area contributed by atoms with Crippen molar-refractivity contribution >= 4 is 45.6 Å². The van der Waals surface area contributed by atoms with Crippen LogP contribution in [0.5, 0.6) is 0 Å². The normalized spacial score (nSPS) is 11.0. The maximum atomic E-state index is 5.09. The Kier molecular flexibility index (Phi) is 13.3. The lowest BCUT2D eigenvalue weighted by Gasteiger charge is -1.99. The third-order valence-corrected chi connectivity index (χ3v) is 7.16. The van der Waals surface area contributed by atoms with Gasteiger partial charge in [-0.05, 0) is 55.5 Å². The number of hydrogen-bond donors (Lipinski definition) is 3. The van der Waals surface area contributed by atoms with Gasteiger partial charge in [0.05, 0.1) is 28.7 Å². The first-order chi connectivity index (χ1) is 16.8. The second-order valence-electron chi connectivity index (χ2n) is 9.02. The molecule has 0 radical (unpaired) electrons. The van der Waals surface area contributed by atoms with Crippen LogP contribution in [0.2, 0.25) is 0 Å². The summed E-state index contributed by atoms with van der Waals surface area (Å²) < 4.78 is 4.86. The molecule has 0 amide bonds. The van der Waals surface area contributed by atoms with Crippen LogP contribution in [0.25, 0.3) is 22.1 Å². The lowest BCUT2D eigenvalue weighted by molar-refractivity contribution is 0.155. The molecule has 0 aliphatic rings. The van der Waals surface area contributed by atoms with Crippen LogP contribution in [-0.2, 0) is 4.74 Å². The Labute approximate surface area is 218 Å². The Bertz CT molecular complexity index is 1090. The highest BCUT2D eigenvalue weighted by Crippen LogP contribution is 2.22. The van der Waals surface area contributed by atoms with Crippen molar-refractivity contribution in [2.24, 2.45) is 17.6 Å². The van der Waals surface area contributed by atoms with E-state index in [1.807, 2.05) is 25.1 Å². The predicted octanol–water partition coefficient (Wildman–Crippen LogP) is 6.91. The summed E-state index contributed by atoms with van der Waals surface area (Å²) in [6, 6.07) is 14.4. The summed E-state index contributed by atoms with van der Waals surface area (Å²) in [6.07, 6.45) is 0. The minimum atomic E-state index is 0.633. The number of thioether (sulfide) groups is 2. The van der Waals surface area contributed by atoms with E-state index in [-0.39, 0.29) is 0 Å². The van der Waals surface area contributed by atoms with Gasteiger partial charge in [0.2, 0.25) is 0 Å². The molecule has 0 saturated carbocycles. The number of hydrogen-bond acceptors (Lipinski definition) is 6. The van der Waals surface area contributed by atoms with Crippen molar-refractivity contribution in [1.82, 2.24) is 19.9 Å². The van der Waals surface area contributed by atoms with Crippen LogP contribution in [0, 0.1) is 18.8 Å². The van der Waals surface area contributed by atoms with Gasteiger partial charge in [-0.1, -0.05) is 69.4 Å². The van der Waals surface area contributed by atoms with Gasteiger partial charge in [0.25, 0.3) is 0 Å². The standard InChI is InChI=1S/C12H16N2S.C11H14N2S.C4H11NO/c1-8(2)7-15-12-13-10-5-4-9(3)6-11(10)14-12;1-8(2)7-14-11-12-9-5-3-4-6-10(9)13-11;1-2-6-4-3-5/h4-6,8H,7H2,1-3H3,(H,13,14);3-6,8H,7H2,1-2H3,(H,12,13);2-5H2,1H3. The Balaban J connectivity index is 0.000000202. The van der Waals surface area contributed by atoms with Gasteiger partial charge in [-0.3, -0.25) is 0 Å². The van der Waals surface area contributed by atoms with Crippen LogP contribution in [0.3, 0.4) is 0 Å². The molecule has 0 aliphatic carbocycles. The molecule has 0 spiro atoms. The van der Waals surface area contributed by atoms with Crippen molar-refractivity contribution in [2.45, 2.75) is 51.9 Å². The number of nitrogens with two attached hydrogens (primary N) is 1. The first kappa shape index (κ1) is 29.2. The number of benzene rings is 2. The fourth-order valence-electron chi connectivity index (χ4n) is 2.89. The molecule has 0 atom stereocenters. The summed E-state index contributed by atoms with van der Waals surface area (Å²) in [5, 5.41) is 2.06. The summed E-state index contributed by atoms with van der Waals surface area (Å²) in [5.41, 5.74) is 10.7. The van der Waals surface area contributed by atoms with Crippen molar-refractivity contribution in [3.63, 3.8) is 0 Å². The van der Waals surface area contributed by atoms with E-state index in [1.54, 1.807) is 23.5 Å². The lowest BCUT2D eigenvalue weighted by atomic mass is 10.2. The van der Waals surface area contributed by atoms with Gasteiger partial charge in [0.15, 0.2) is 10.3 Å². The molecular formula is C27H41N5OS2. The number of ether oxygens (including phenoxy) is 1. The highest BCUT2D eigenvalue weighted by Gasteiger charge is 2.04. The van der Waals surface area contributed by atoms with Gasteiger partial charge in [0.1, 0.15) is 0 Å². The molecule has 0 aliphatic heterocycles. The molecule has 6 nitrogen and oxygen atoms in total. The van der Waals surface area contributed by atoms with Crippen molar-refractivity contribution < 1.29 is 4.74 Å². The maximum absolute atomic E-state index is 5.09. The minimum Gasteiger partial charge on any atom is -0.380 e. The lowest BCUT2D eigenvalue weighted by Crippen LogP contribution is -2.07. The zero-order valence-electron chi connectivity index (χ0n) is 21.9.